The molecule has 2 heterocycles. The molecule has 0 aliphatic carbocycles. The number of carbonyl (C=O) groups excluding carboxylic acids is 1. The first-order valence-electron chi connectivity index (χ1n) is 10.3. The second-order valence-corrected chi connectivity index (χ2v) is 7.85. The van der Waals surface area contributed by atoms with Crippen molar-refractivity contribution in [1.29, 1.82) is 0 Å². The molecule has 2 fully saturated rings. The van der Waals surface area contributed by atoms with Crippen molar-refractivity contribution in [2.24, 2.45) is 0 Å². The quantitative estimate of drug-likeness (QED) is 0.138. The van der Waals surface area contributed by atoms with Gasteiger partial charge in [0.05, 0.1) is 26.4 Å². The molecule has 194 valence electrons. The van der Waals surface area contributed by atoms with Crippen LogP contribution in [-0.4, -0.2) is 152 Å². The van der Waals surface area contributed by atoms with Crippen LogP contribution in [0.3, 0.4) is 0 Å². The first-order chi connectivity index (χ1) is 15.6. The number of nitrogens with one attached hydrogen (secondary N) is 1. The Balaban J connectivity index is 2.27. The first-order valence-corrected chi connectivity index (χ1v) is 10.3. The van der Waals surface area contributed by atoms with Crippen LogP contribution in [0, 0.1) is 0 Å². The van der Waals surface area contributed by atoms with E-state index >= 15 is 0 Å². The Morgan fingerprint density at radius 2 is 1.45 bits per heavy atom. The number of amides is 1. The molecule has 12 atom stereocenters. The second kappa shape index (κ2) is 12.6. The topological polar surface area (TPSA) is 248 Å². The van der Waals surface area contributed by atoms with E-state index in [1.54, 1.807) is 0 Å². The summed E-state index contributed by atoms with van der Waals surface area (Å²) in [5.74, 6) is -0.628. The minimum Gasteiger partial charge on any atom is -0.394 e. The van der Waals surface area contributed by atoms with Gasteiger partial charge in [-0.1, -0.05) is 0 Å². The van der Waals surface area contributed by atoms with Gasteiger partial charge >= 0.3 is 0 Å². The number of hydrogen-bond acceptors (Lipinski definition) is 14. The van der Waals surface area contributed by atoms with Crippen LogP contribution in [0.15, 0.2) is 0 Å². The van der Waals surface area contributed by atoms with E-state index < -0.39 is 106 Å². The fraction of sp³-hybridized carbons (Fsp3) is 0.944. The summed E-state index contributed by atoms with van der Waals surface area (Å²) in [6.45, 7) is -1.92. The van der Waals surface area contributed by atoms with Crippen molar-refractivity contribution in [2.45, 2.75) is 80.5 Å². The molecule has 0 spiro atoms. The summed E-state index contributed by atoms with van der Waals surface area (Å²) in [5.41, 5.74) is 0. The van der Waals surface area contributed by atoms with E-state index in [-0.39, 0.29) is 0 Å². The lowest BCUT2D eigenvalue weighted by Crippen LogP contribution is -2.68. The predicted molar refractivity (Wildman–Crippen MR) is 103 cm³/mol. The van der Waals surface area contributed by atoms with Crippen molar-refractivity contribution in [2.75, 3.05) is 26.4 Å². The molecule has 2 aliphatic heterocycles. The number of aliphatic hydroxyl groups is 9. The summed E-state index contributed by atoms with van der Waals surface area (Å²) in [6, 6.07) is -1.38. The van der Waals surface area contributed by atoms with E-state index in [1.165, 1.54) is 0 Å². The smallest absolute Gasteiger partial charge is 0.217 e. The van der Waals surface area contributed by atoms with Crippen LogP contribution < -0.4 is 5.32 Å². The largest absolute Gasteiger partial charge is 0.394 e. The van der Waals surface area contributed by atoms with Crippen LogP contribution in [0.2, 0.25) is 0 Å². The lowest BCUT2D eigenvalue weighted by atomic mass is 9.95. The van der Waals surface area contributed by atoms with Gasteiger partial charge in [-0.3, -0.25) is 4.79 Å². The van der Waals surface area contributed by atoms with E-state index in [2.05, 4.69) is 5.32 Å². The van der Waals surface area contributed by atoms with Gasteiger partial charge in [-0.2, -0.15) is 0 Å². The molecule has 1 amide bonds. The molecule has 2 aliphatic rings. The molecule has 33 heavy (non-hydrogen) atoms. The fourth-order valence-corrected chi connectivity index (χ4v) is 3.61. The molecule has 10 N–H and O–H groups in total. The highest BCUT2D eigenvalue weighted by Crippen LogP contribution is 2.30. The summed E-state index contributed by atoms with van der Waals surface area (Å²) in [4.78, 5) is 11.6. The number of rotatable bonds is 10. The molecular weight excluding hydrogens is 454 g/mol. The molecule has 0 saturated carbocycles. The normalized spacial score (nSPS) is 41.4. The van der Waals surface area contributed by atoms with Crippen LogP contribution in [0.5, 0.6) is 0 Å². The molecule has 2 saturated heterocycles. The number of hydrogen-bond donors (Lipinski definition) is 10. The Bertz CT molecular complexity index is 613. The van der Waals surface area contributed by atoms with Gasteiger partial charge in [0, 0.05) is 6.92 Å². The lowest BCUT2D eigenvalue weighted by Gasteiger charge is -2.47. The van der Waals surface area contributed by atoms with E-state index in [0.29, 0.717) is 0 Å². The maximum absolute atomic E-state index is 11.6. The zero-order valence-electron chi connectivity index (χ0n) is 17.8. The van der Waals surface area contributed by atoms with Gasteiger partial charge < -0.3 is 70.2 Å². The SMILES string of the molecule is CC(=O)N[C@H]1[C@H](O[C@H]2[C@@H](O)[C@@H](CO)O[C@H](O[C@H](CO)[C@H](O)CO)[C@@H]2O)O[C@H](CO)[C@@H](O)[C@@H]1O. The molecule has 0 bridgehead atoms. The van der Waals surface area contributed by atoms with Crippen LogP contribution >= 0.6 is 0 Å². The van der Waals surface area contributed by atoms with Crippen LogP contribution in [0.4, 0.5) is 0 Å². The summed E-state index contributed by atoms with van der Waals surface area (Å²) in [7, 11) is 0. The maximum Gasteiger partial charge on any atom is 0.217 e. The Morgan fingerprint density at radius 3 is 1.97 bits per heavy atom. The standard InChI is InChI=1S/C18H33NO14/c1-6(24)19-11-14(28)12(26)9(4-22)31-17(11)33-16-13(27)10(5-23)32-18(15(16)29)30-8(3-21)7(25)2-20/h7-18,20-23,25-29H,2-5H2,1H3,(H,19,24)/t7-,8-,9-,10-,11-,12-,13+,14-,15-,16+,17+,18+/m1/s1. The molecule has 0 aromatic heterocycles. The summed E-state index contributed by atoms with van der Waals surface area (Å²) < 4.78 is 21.6. The van der Waals surface area contributed by atoms with Gasteiger partial charge in [-0.15, -0.1) is 0 Å². The highest BCUT2D eigenvalue weighted by atomic mass is 16.7. The van der Waals surface area contributed by atoms with Crippen LogP contribution in [0.1, 0.15) is 6.92 Å². The van der Waals surface area contributed by atoms with Crippen molar-refractivity contribution in [3.63, 3.8) is 0 Å². The van der Waals surface area contributed by atoms with Crippen molar-refractivity contribution in [3.8, 4) is 0 Å². The van der Waals surface area contributed by atoms with Gasteiger partial charge in [-0.05, 0) is 0 Å². The van der Waals surface area contributed by atoms with E-state index in [1.807, 2.05) is 0 Å². The second-order valence-electron chi connectivity index (χ2n) is 7.85. The van der Waals surface area contributed by atoms with Crippen LogP contribution in [-0.2, 0) is 23.7 Å². The Kier molecular flexibility index (Phi) is 10.8. The van der Waals surface area contributed by atoms with Crippen molar-refractivity contribution in [3.05, 3.63) is 0 Å². The molecule has 2 rings (SSSR count). The zero-order chi connectivity index (χ0) is 24.9. The van der Waals surface area contributed by atoms with Gasteiger partial charge in [0.1, 0.15) is 61.0 Å². The van der Waals surface area contributed by atoms with Crippen molar-refractivity contribution < 1.29 is 69.7 Å². The molecule has 0 aromatic carbocycles. The van der Waals surface area contributed by atoms with E-state index in [9.17, 15) is 45.6 Å². The zero-order valence-corrected chi connectivity index (χ0v) is 17.8. The third kappa shape index (κ3) is 6.55. The Morgan fingerprint density at radius 1 is 0.879 bits per heavy atom. The molecule has 0 unspecified atom stereocenters. The average molecular weight is 487 g/mol. The van der Waals surface area contributed by atoms with Gasteiger partial charge in [-0.25, -0.2) is 0 Å². The minimum atomic E-state index is -1.82. The van der Waals surface area contributed by atoms with Crippen LogP contribution in [0.25, 0.3) is 0 Å². The fourth-order valence-electron chi connectivity index (χ4n) is 3.61. The molecule has 15 nitrogen and oxygen atoms in total. The monoisotopic (exact) mass is 487 g/mol. The van der Waals surface area contributed by atoms with Gasteiger partial charge in [0.2, 0.25) is 5.91 Å². The molecule has 0 aromatic rings. The summed E-state index contributed by atoms with van der Waals surface area (Å²) in [6.07, 6.45) is -17.3. The number of carbonyl (C=O) groups is 1. The van der Waals surface area contributed by atoms with Crippen molar-refractivity contribution >= 4 is 5.91 Å². The highest BCUT2D eigenvalue weighted by Gasteiger charge is 2.51. The molecular formula is C18H33NO14. The van der Waals surface area contributed by atoms with E-state index in [4.69, 9.17) is 24.1 Å². The van der Waals surface area contributed by atoms with E-state index in [0.717, 1.165) is 6.92 Å². The van der Waals surface area contributed by atoms with Crippen molar-refractivity contribution in [1.82, 2.24) is 5.32 Å². The number of aliphatic hydroxyl groups excluding tert-OH is 9. The minimum absolute atomic E-state index is 0.628. The Hall–Kier alpha value is -1.05. The lowest BCUT2D eigenvalue weighted by molar-refractivity contribution is -0.356. The maximum atomic E-state index is 11.6. The van der Waals surface area contributed by atoms with Gasteiger partial charge in [0.15, 0.2) is 12.6 Å². The first kappa shape index (κ1) is 28.2. The summed E-state index contributed by atoms with van der Waals surface area (Å²) >= 11 is 0. The molecule has 15 heteroatoms. The summed E-state index contributed by atoms with van der Waals surface area (Å²) in [5, 5.41) is 91.2. The molecule has 0 radical (unpaired) electrons. The Labute approximate surface area is 188 Å². The van der Waals surface area contributed by atoms with Gasteiger partial charge in [0.25, 0.3) is 0 Å². The average Bonchev–Trinajstić information content (AvgIpc) is 2.79. The third-order valence-corrected chi connectivity index (χ3v) is 5.47. The number of ether oxygens (including phenoxy) is 4. The predicted octanol–water partition coefficient (Wildman–Crippen LogP) is -6.51. The third-order valence-electron chi connectivity index (χ3n) is 5.47. The highest BCUT2D eigenvalue weighted by molar-refractivity contribution is 5.73.